The van der Waals surface area contributed by atoms with E-state index < -0.39 is 6.10 Å². The second-order valence-electron chi connectivity index (χ2n) is 5.78. The molecule has 4 nitrogen and oxygen atoms in total. The first-order chi connectivity index (χ1) is 11.6. The number of carbonyl (C=O) groups excluding carboxylic acids is 1. The first kappa shape index (κ1) is 18.4. The van der Waals surface area contributed by atoms with Crippen LogP contribution in [0.15, 0.2) is 54.6 Å². The fraction of sp³-hybridized carbons (Fsp3) is 0.316. The van der Waals surface area contributed by atoms with Crippen molar-refractivity contribution in [3.63, 3.8) is 0 Å². The first-order valence-electron chi connectivity index (χ1n) is 7.90. The summed E-state index contributed by atoms with van der Waals surface area (Å²) in [7, 11) is 3.94. The molecular weight excluding hydrogens is 320 g/mol. The lowest BCUT2D eigenvalue weighted by atomic mass is 10.1. The number of carbonyl (C=O) groups is 1. The van der Waals surface area contributed by atoms with Crippen LogP contribution in [0.25, 0.3) is 0 Å². The van der Waals surface area contributed by atoms with Crippen molar-refractivity contribution in [2.24, 2.45) is 0 Å². The van der Waals surface area contributed by atoms with E-state index in [9.17, 15) is 9.90 Å². The molecule has 24 heavy (non-hydrogen) atoms. The van der Waals surface area contributed by atoms with Crippen LogP contribution in [0.4, 0.5) is 5.69 Å². The Labute approximate surface area is 147 Å². The van der Waals surface area contributed by atoms with Crippen LogP contribution in [-0.4, -0.2) is 37.4 Å². The fourth-order valence-electron chi connectivity index (χ4n) is 2.21. The zero-order chi connectivity index (χ0) is 17.4. The first-order valence-corrected chi connectivity index (χ1v) is 9.05. The largest absolute Gasteiger partial charge is 0.387 e. The van der Waals surface area contributed by atoms with Gasteiger partial charge in [-0.25, -0.2) is 0 Å². The molecule has 0 aromatic heterocycles. The van der Waals surface area contributed by atoms with Crippen molar-refractivity contribution in [2.75, 3.05) is 31.3 Å². The van der Waals surface area contributed by atoms with E-state index in [-0.39, 0.29) is 12.5 Å². The molecule has 1 atom stereocenters. The number of aliphatic hydroxyl groups excluding tert-OH is 1. The summed E-state index contributed by atoms with van der Waals surface area (Å²) in [6.07, 6.45) is -0.690. The van der Waals surface area contributed by atoms with E-state index in [0.717, 1.165) is 17.0 Å². The average Bonchev–Trinajstić information content (AvgIpc) is 2.60. The van der Waals surface area contributed by atoms with Crippen LogP contribution in [-0.2, 0) is 10.5 Å². The zero-order valence-corrected chi connectivity index (χ0v) is 14.9. The van der Waals surface area contributed by atoms with Gasteiger partial charge >= 0.3 is 0 Å². The maximum Gasteiger partial charge on any atom is 0.230 e. The Bertz CT molecular complexity index is 630. The number of nitrogens with one attached hydrogen (secondary N) is 1. The second kappa shape index (κ2) is 9.35. The van der Waals surface area contributed by atoms with Gasteiger partial charge in [0.2, 0.25) is 5.91 Å². The van der Waals surface area contributed by atoms with Crippen LogP contribution in [0.3, 0.4) is 0 Å². The highest BCUT2D eigenvalue weighted by Gasteiger charge is 2.10. The maximum absolute atomic E-state index is 11.9. The summed E-state index contributed by atoms with van der Waals surface area (Å²) in [5.41, 5.74) is 3.08. The van der Waals surface area contributed by atoms with E-state index in [4.69, 9.17) is 0 Å². The van der Waals surface area contributed by atoms with Crippen LogP contribution in [0.5, 0.6) is 0 Å². The van der Waals surface area contributed by atoms with Crippen molar-refractivity contribution in [3.05, 3.63) is 65.7 Å². The lowest BCUT2D eigenvalue weighted by Crippen LogP contribution is -2.29. The van der Waals surface area contributed by atoms with Crippen LogP contribution in [0, 0.1) is 0 Å². The SMILES string of the molecule is CN(C)c1ccc(C(O)CNC(=O)CSCc2ccccc2)cc1. The molecule has 2 aromatic rings. The highest BCUT2D eigenvalue weighted by atomic mass is 32.2. The number of hydrogen-bond acceptors (Lipinski definition) is 4. The van der Waals surface area contributed by atoms with Crippen molar-refractivity contribution < 1.29 is 9.90 Å². The summed E-state index contributed by atoms with van der Waals surface area (Å²) >= 11 is 1.57. The van der Waals surface area contributed by atoms with Crippen LogP contribution in [0.1, 0.15) is 17.2 Å². The number of aliphatic hydroxyl groups is 1. The van der Waals surface area contributed by atoms with Gasteiger partial charge in [0.1, 0.15) is 0 Å². The normalized spacial score (nSPS) is 11.8. The Morgan fingerprint density at radius 2 is 1.79 bits per heavy atom. The van der Waals surface area contributed by atoms with Gasteiger partial charge < -0.3 is 15.3 Å². The van der Waals surface area contributed by atoms with Gasteiger partial charge in [0.25, 0.3) is 0 Å². The fourth-order valence-corrected chi connectivity index (χ4v) is 3.03. The monoisotopic (exact) mass is 344 g/mol. The quantitative estimate of drug-likeness (QED) is 0.773. The lowest BCUT2D eigenvalue weighted by molar-refractivity contribution is -0.119. The third kappa shape index (κ3) is 5.91. The van der Waals surface area contributed by atoms with E-state index >= 15 is 0 Å². The molecule has 5 heteroatoms. The van der Waals surface area contributed by atoms with Crippen molar-refractivity contribution in [1.82, 2.24) is 5.32 Å². The zero-order valence-electron chi connectivity index (χ0n) is 14.1. The van der Waals surface area contributed by atoms with Gasteiger partial charge in [-0.3, -0.25) is 4.79 Å². The summed E-state index contributed by atoms with van der Waals surface area (Å²) in [6.45, 7) is 0.228. The van der Waals surface area contributed by atoms with Crippen LogP contribution in [0.2, 0.25) is 0 Å². The highest BCUT2D eigenvalue weighted by Crippen LogP contribution is 2.17. The predicted octanol–water partition coefficient (Wildman–Crippen LogP) is 2.84. The van der Waals surface area contributed by atoms with Crippen molar-refractivity contribution in [2.45, 2.75) is 11.9 Å². The van der Waals surface area contributed by atoms with E-state index in [0.29, 0.717) is 5.75 Å². The summed E-state index contributed by atoms with van der Waals surface area (Å²) in [6, 6.07) is 17.7. The lowest BCUT2D eigenvalue weighted by Gasteiger charge is -2.15. The number of amides is 1. The summed E-state index contributed by atoms with van der Waals surface area (Å²) in [5.74, 6) is 1.14. The number of anilines is 1. The van der Waals surface area contributed by atoms with Gasteiger partial charge in [-0.05, 0) is 23.3 Å². The molecule has 0 saturated carbocycles. The van der Waals surface area contributed by atoms with Gasteiger partial charge in [-0.15, -0.1) is 11.8 Å². The number of benzene rings is 2. The van der Waals surface area contributed by atoms with E-state index in [2.05, 4.69) is 5.32 Å². The molecule has 2 rings (SSSR count). The number of thioether (sulfide) groups is 1. The molecule has 0 aliphatic rings. The van der Waals surface area contributed by atoms with Crippen molar-refractivity contribution in [3.8, 4) is 0 Å². The molecule has 2 aromatic carbocycles. The minimum atomic E-state index is -0.690. The van der Waals surface area contributed by atoms with Gasteiger partial charge in [0.15, 0.2) is 0 Å². The van der Waals surface area contributed by atoms with Crippen molar-refractivity contribution >= 4 is 23.4 Å². The molecule has 1 amide bonds. The average molecular weight is 344 g/mol. The minimum Gasteiger partial charge on any atom is -0.387 e. The Kier molecular flexibility index (Phi) is 7.15. The third-order valence-corrected chi connectivity index (χ3v) is 4.64. The summed E-state index contributed by atoms with van der Waals surface area (Å²) in [4.78, 5) is 13.9. The molecule has 0 heterocycles. The standard InChI is InChI=1S/C19H24N2O2S/c1-21(2)17-10-8-16(9-11-17)18(22)12-20-19(23)14-24-13-15-6-4-3-5-7-15/h3-11,18,22H,12-14H2,1-2H3,(H,20,23). The van der Waals surface area contributed by atoms with Crippen molar-refractivity contribution in [1.29, 1.82) is 0 Å². The molecular formula is C19H24N2O2S. The molecule has 0 fully saturated rings. The maximum atomic E-state index is 11.9. The van der Waals surface area contributed by atoms with Gasteiger partial charge in [0, 0.05) is 32.1 Å². The number of rotatable bonds is 8. The Hall–Kier alpha value is -1.98. The van der Waals surface area contributed by atoms with Gasteiger partial charge in [-0.1, -0.05) is 42.5 Å². The minimum absolute atomic E-state index is 0.0557. The predicted molar refractivity (Wildman–Crippen MR) is 101 cm³/mol. The topological polar surface area (TPSA) is 52.6 Å². The molecule has 0 bridgehead atoms. The molecule has 0 saturated heterocycles. The van der Waals surface area contributed by atoms with Crippen LogP contribution < -0.4 is 10.2 Å². The molecule has 0 spiro atoms. The van der Waals surface area contributed by atoms with Crippen LogP contribution >= 0.6 is 11.8 Å². The highest BCUT2D eigenvalue weighted by molar-refractivity contribution is 7.99. The Morgan fingerprint density at radius 3 is 2.42 bits per heavy atom. The van der Waals surface area contributed by atoms with Gasteiger partial charge in [-0.2, -0.15) is 0 Å². The van der Waals surface area contributed by atoms with E-state index in [1.807, 2.05) is 73.6 Å². The molecule has 0 aliphatic heterocycles. The van der Waals surface area contributed by atoms with Gasteiger partial charge in [0.05, 0.1) is 11.9 Å². The van der Waals surface area contributed by atoms with E-state index in [1.165, 1.54) is 5.56 Å². The number of nitrogens with zero attached hydrogens (tertiary/aromatic N) is 1. The summed E-state index contributed by atoms with van der Waals surface area (Å²) < 4.78 is 0. The molecule has 0 aliphatic carbocycles. The second-order valence-corrected chi connectivity index (χ2v) is 6.77. The third-order valence-electron chi connectivity index (χ3n) is 3.63. The van der Waals surface area contributed by atoms with E-state index in [1.54, 1.807) is 11.8 Å². The molecule has 1 unspecified atom stereocenters. The summed E-state index contributed by atoms with van der Waals surface area (Å²) in [5, 5.41) is 13.0. The molecule has 128 valence electrons. The Balaban J connectivity index is 1.70. The molecule has 0 radical (unpaired) electrons. The Morgan fingerprint density at radius 1 is 1.12 bits per heavy atom. The number of hydrogen-bond donors (Lipinski definition) is 2. The molecule has 2 N–H and O–H groups in total. The smallest absolute Gasteiger partial charge is 0.230 e.